The molecule has 0 radical (unpaired) electrons. The van der Waals surface area contributed by atoms with Crippen molar-refractivity contribution in [3.63, 3.8) is 0 Å². The second-order valence-corrected chi connectivity index (χ2v) is 3.56. The number of hydrogen-bond acceptors (Lipinski definition) is 2. The van der Waals surface area contributed by atoms with E-state index in [1.165, 1.54) is 0 Å². The van der Waals surface area contributed by atoms with Crippen LogP contribution in [-0.2, 0) is 4.79 Å². The molecule has 2 bridgehead atoms. The van der Waals surface area contributed by atoms with Crippen molar-refractivity contribution in [1.82, 2.24) is 5.32 Å². The molecule has 0 spiro atoms. The van der Waals surface area contributed by atoms with Crippen LogP contribution in [-0.4, -0.2) is 22.7 Å². The summed E-state index contributed by atoms with van der Waals surface area (Å²) in [5, 5.41) is 11.8. The van der Waals surface area contributed by atoms with Crippen molar-refractivity contribution in [2.24, 2.45) is 0 Å². The van der Waals surface area contributed by atoms with E-state index in [1.807, 2.05) is 0 Å². The van der Waals surface area contributed by atoms with Gasteiger partial charge in [0, 0.05) is 12.0 Å². The highest BCUT2D eigenvalue weighted by atomic mass is 16.4. The van der Waals surface area contributed by atoms with Crippen LogP contribution in [0.15, 0.2) is 0 Å². The zero-order valence-corrected chi connectivity index (χ0v) is 6.76. The Bertz CT molecular complexity index is 266. The van der Waals surface area contributed by atoms with Crippen LogP contribution in [0.3, 0.4) is 0 Å². The van der Waals surface area contributed by atoms with Gasteiger partial charge in [0.05, 0.1) is 5.54 Å². The van der Waals surface area contributed by atoms with Crippen molar-refractivity contribution >= 4 is 5.97 Å². The standard InChI is InChI=1S/C9H11NO2/c11-8(12)3-6-9-4-1-7(10-9)2-5-9/h7,10H,1-2,4-5H2,(H,11,12). The number of fused-ring (bicyclic) bond motifs is 2. The first-order valence-electron chi connectivity index (χ1n) is 4.24. The molecule has 2 aliphatic heterocycles. The van der Waals surface area contributed by atoms with Crippen molar-refractivity contribution in [3.8, 4) is 11.8 Å². The quantitative estimate of drug-likeness (QED) is 0.509. The van der Waals surface area contributed by atoms with Crippen LogP contribution in [0.2, 0.25) is 0 Å². The van der Waals surface area contributed by atoms with Gasteiger partial charge in [-0.2, -0.15) is 0 Å². The van der Waals surface area contributed by atoms with Crippen LogP contribution >= 0.6 is 0 Å². The van der Waals surface area contributed by atoms with E-state index in [1.54, 1.807) is 0 Å². The molecule has 0 aliphatic carbocycles. The second-order valence-electron chi connectivity index (χ2n) is 3.56. The molecule has 2 fully saturated rings. The van der Waals surface area contributed by atoms with E-state index in [-0.39, 0.29) is 5.54 Å². The van der Waals surface area contributed by atoms with Crippen LogP contribution in [0.25, 0.3) is 0 Å². The van der Waals surface area contributed by atoms with E-state index in [0.29, 0.717) is 6.04 Å². The second kappa shape index (κ2) is 2.49. The third kappa shape index (κ3) is 1.19. The maximum absolute atomic E-state index is 10.2. The van der Waals surface area contributed by atoms with Gasteiger partial charge in [0.1, 0.15) is 0 Å². The average molecular weight is 165 g/mol. The lowest BCUT2D eigenvalue weighted by molar-refractivity contribution is -0.130. The minimum atomic E-state index is -1.03. The largest absolute Gasteiger partial charge is 0.472 e. The van der Waals surface area contributed by atoms with E-state index >= 15 is 0 Å². The highest BCUT2D eigenvalue weighted by molar-refractivity contribution is 5.86. The average Bonchev–Trinajstić information content (AvgIpc) is 2.60. The highest BCUT2D eigenvalue weighted by Gasteiger charge is 2.43. The molecule has 2 aliphatic rings. The topological polar surface area (TPSA) is 49.3 Å². The van der Waals surface area contributed by atoms with Gasteiger partial charge in [0.25, 0.3) is 0 Å². The Morgan fingerprint density at radius 3 is 2.58 bits per heavy atom. The molecule has 2 saturated heterocycles. The lowest BCUT2D eigenvalue weighted by Gasteiger charge is -2.17. The minimum absolute atomic E-state index is 0.150. The first-order chi connectivity index (χ1) is 5.70. The van der Waals surface area contributed by atoms with E-state index in [9.17, 15) is 4.79 Å². The molecule has 0 saturated carbocycles. The van der Waals surface area contributed by atoms with E-state index in [0.717, 1.165) is 25.7 Å². The molecule has 0 amide bonds. The predicted octanol–water partition coefficient (Wildman–Crippen LogP) is 0.359. The van der Waals surface area contributed by atoms with Gasteiger partial charge < -0.3 is 5.11 Å². The lowest BCUT2D eigenvalue weighted by Crippen LogP contribution is -2.34. The molecule has 3 nitrogen and oxygen atoms in total. The molecule has 12 heavy (non-hydrogen) atoms. The maximum Gasteiger partial charge on any atom is 0.381 e. The van der Waals surface area contributed by atoms with Gasteiger partial charge in [-0.25, -0.2) is 4.79 Å². The van der Waals surface area contributed by atoms with Crippen molar-refractivity contribution in [2.75, 3.05) is 0 Å². The van der Waals surface area contributed by atoms with Crippen molar-refractivity contribution < 1.29 is 9.90 Å². The molecular formula is C9H11NO2. The molecule has 0 aromatic heterocycles. The Hall–Kier alpha value is -1.01. The summed E-state index contributed by atoms with van der Waals surface area (Å²) in [4.78, 5) is 10.2. The third-order valence-corrected chi connectivity index (χ3v) is 2.73. The lowest BCUT2D eigenvalue weighted by atomic mass is 9.89. The Kier molecular flexibility index (Phi) is 1.59. The van der Waals surface area contributed by atoms with E-state index < -0.39 is 5.97 Å². The Balaban J connectivity index is 2.13. The zero-order chi connectivity index (χ0) is 8.60. The first-order valence-corrected chi connectivity index (χ1v) is 4.24. The summed E-state index contributed by atoms with van der Waals surface area (Å²) in [5.41, 5.74) is -0.150. The molecule has 2 N–H and O–H groups in total. The summed E-state index contributed by atoms with van der Waals surface area (Å²) in [6, 6.07) is 0.591. The SMILES string of the molecule is O=C(O)C#CC12CCC(CC1)N2. The summed E-state index contributed by atoms with van der Waals surface area (Å²) in [6.45, 7) is 0. The molecule has 0 aromatic carbocycles. The fraction of sp³-hybridized carbons (Fsp3) is 0.667. The number of hydrogen-bond donors (Lipinski definition) is 2. The number of nitrogens with one attached hydrogen (secondary N) is 1. The number of carboxylic acid groups (broad SMARTS) is 1. The summed E-state index contributed by atoms with van der Waals surface area (Å²) < 4.78 is 0. The van der Waals surface area contributed by atoms with Gasteiger partial charge in [-0.1, -0.05) is 5.92 Å². The first kappa shape index (κ1) is 7.63. The number of rotatable bonds is 0. The smallest absolute Gasteiger partial charge is 0.381 e. The van der Waals surface area contributed by atoms with Gasteiger partial charge in [0.2, 0.25) is 0 Å². The highest BCUT2D eigenvalue weighted by Crippen LogP contribution is 2.36. The van der Waals surface area contributed by atoms with Gasteiger partial charge >= 0.3 is 5.97 Å². The molecule has 0 aromatic rings. The molecule has 0 unspecified atom stereocenters. The number of carboxylic acids is 1. The number of carbonyl (C=O) groups is 1. The molecule has 2 heterocycles. The maximum atomic E-state index is 10.2. The minimum Gasteiger partial charge on any atom is -0.472 e. The Labute approximate surface area is 71.2 Å². The molecule has 64 valence electrons. The van der Waals surface area contributed by atoms with Crippen LogP contribution < -0.4 is 5.32 Å². The van der Waals surface area contributed by atoms with Gasteiger partial charge in [0.15, 0.2) is 0 Å². The van der Waals surface area contributed by atoms with Crippen LogP contribution in [0.1, 0.15) is 25.7 Å². The summed E-state index contributed by atoms with van der Waals surface area (Å²) in [5.74, 6) is 4.01. The van der Waals surface area contributed by atoms with Crippen molar-refractivity contribution in [1.29, 1.82) is 0 Å². The summed E-state index contributed by atoms with van der Waals surface area (Å²) >= 11 is 0. The zero-order valence-electron chi connectivity index (χ0n) is 6.76. The molecule has 0 atom stereocenters. The van der Waals surface area contributed by atoms with E-state index in [2.05, 4.69) is 17.2 Å². The summed E-state index contributed by atoms with van der Waals surface area (Å²) in [6.07, 6.45) is 4.32. The van der Waals surface area contributed by atoms with Crippen LogP contribution in [0, 0.1) is 11.8 Å². The van der Waals surface area contributed by atoms with Gasteiger partial charge in [-0.3, -0.25) is 5.32 Å². The normalized spacial score (nSPS) is 37.5. The monoisotopic (exact) mass is 165 g/mol. The third-order valence-electron chi connectivity index (χ3n) is 2.73. The Morgan fingerprint density at radius 2 is 2.17 bits per heavy atom. The van der Waals surface area contributed by atoms with Crippen molar-refractivity contribution in [2.45, 2.75) is 37.3 Å². The number of aliphatic carboxylic acids is 1. The van der Waals surface area contributed by atoms with Crippen molar-refractivity contribution in [3.05, 3.63) is 0 Å². The fourth-order valence-electron chi connectivity index (χ4n) is 2.12. The van der Waals surface area contributed by atoms with Crippen LogP contribution in [0.4, 0.5) is 0 Å². The summed E-state index contributed by atoms with van der Waals surface area (Å²) in [7, 11) is 0. The predicted molar refractivity (Wildman–Crippen MR) is 43.5 cm³/mol. The molecule has 3 heteroatoms. The Morgan fingerprint density at radius 1 is 1.50 bits per heavy atom. The van der Waals surface area contributed by atoms with Crippen LogP contribution in [0.5, 0.6) is 0 Å². The van der Waals surface area contributed by atoms with Gasteiger partial charge in [-0.05, 0) is 25.7 Å². The van der Waals surface area contributed by atoms with E-state index in [4.69, 9.17) is 5.11 Å². The fourth-order valence-corrected chi connectivity index (χ4v) is 2.12. The molecule has 2 rings (SSSR count). The molecular weight excluding hydrogens is 154 g/mol. The van der Waals surface area contributed by atoms with Gasteiger partial charge in [-0.15, -0.1) is 0 Å².